The van der Waals surface area contributed by atoms with Gasteiger partial charge in [-0.25, -0.2) is 19.7 Å². The average Bonchev–Trinajstić information content (AvgIpc) is 2.81. The minimum absolute atomic E-state index is 0.0996. The van der Waals surface area contributed by atoms with Crippen LogP contribution in [0.15, 0.2) is 90.4 Å². The van der Waals surface area contributed by atoms with Crippen LogP contribution in [0.5, 0.6) is 5.88 Å². The van der Waals surface area contributed by atoms with E-state index in [2.05, 4.69) is 46.2 Å². The molecule has 6 heterocycles. The average molecular weight is 1190 g/mol. The van der Waals surface area contributed by atoms with Crippen LogP contribution in [0.3, 0.4) is 0 Å². The zero-order valence-electron chi connectivity index (χ0n) is 44.8. The Morgan fingerprint density at radius 3 is 2.35 bits per heavy atom. The normalized spacial score (nSPS) is 24.2. The fourth-order valence-electron chi connectivity index (χ4n) is 9.40. The highest BCUT2D eigenvalue weighted by Gasteiger charge is 2.48. The molecule has 4 aliphatic rings. The molecule has 2 unspecified atom stereocenters. The third kappa shape index (κ3) is 14.6. The number of H-pyrrole nitrogens is 1. The molecule has 9 rings (SSSR count). The standard InChI is InChI=1S/C51H58N12O18P2/c1-26(2)40(57-36(64)20-62-38(65)13-14-39(62)66)47(70)55-27(3)45(68)56-31-11-9-28(10-12-31)21-75-51(72)61(4)19-29-7-5-6-8-33(29)46(69)59-50-58-44-41(48(71)60-50)54-25-63(44)49-43-42(67)35(79-49)23-77-82(73)80-34-18-32(78-37-15-16-52-24-53-37)17-30(34)22-76-83(74)81-43/h5-16,24-27,30,32,34-35,40,42-43,49,67,82-83H,17-23H2,1-4H3,(H,55,70)(H,56,68)(H,57,64)(H2,58,59,60,69,71)/t27-,30+,32+,34-,35+,40-,42+,43+,49+/m0/s1. The van der Waals surface area contributed by atoms with E-state index in [1.54, 1.807) is 62.4 Å². The van der Waals surface area contributed by atoms with Gasteiger partial charge in [0, 0.05) is 61.6 Å². The number of carbonyl (C=O) groups is 7. The number of benzene rings is 2. The number of ether oxygens (including phenoxy) is 3. The molecule has 1 saturated carbocycles. The van der Waals surface area contributed by atoms with E-state index in [1.165, 1.54) is 48.4 Å². The molecule has 11 atom stereocenters. The van der Waals surface area contributed by atoms with Crippen molar-refractivity contribution >= 4 is 80.8 Å². The monoisotopic (exact) mass is 1190 g/mol. The molecular formula is C51H58N12O18P2. The molecular weight excluding hydrogens is 1130 g/mol. The van der Waals surface area contributed by atoms with Gasteiger partial charge in [0.15, 0.2) is 17.4 Å². The zero-order chi connectivity index (χ0) is 59.1. The van der Waals surface area contributed by atoms with Crippen LogP contribution in [0.2, 0.25) is 0 Å². The number of nitrogens with one attached hydrogen (secondary N) is 5. The number of nitrogens with zero attached hydrogens (tertiary/aromatic N) is 7. The Kier molecular flexibility index (Phi) is 19.0. The Balaban J connectivity index is 0.777. The van der Waals surface area contributed by atoms with Crippen molar-refractivity contribution in [3.8, 4) is 5.88 Å². The third-order valence-electron chi connectivity index (χ3n) is 13.7. The maximum Gasteiger partial charge on any atom is 0.410 e. The van der Waals surface area contributed by atoms with Crippen LogP contribution in [0, 0.1) is 11.8 Å². The minimum Gasteiger partial charge on any atom is -0.474 e. The summed E-state index contributed by atoms with van der Waals surface area (Å²) >= 11 is 0. The number of hydrogen-bond donors (Lipinski definition) is 6. The van der Waals surface area contributed by atoms with E-state index in [0.29, 0.717) is 35.5 Å². The van der Waals surface area contributed by atoms with E-state index < -0.39 is 137 Å². The summed E-state index contributed by atoms with van der Waals surface area (Å²) in [5.74, 6) is -4.87. The van der Waals surface area contributed by atoms with Crippen LogP contribution in [-0.4, -0.2) is 155 Å². The first-order chi connectivity index (χ1) is 39.8. The van der Waals surface area contributed by atoms with Crippen molar-refractivity contribution in [1.82, 2.24) is 49.9 Å². The summed E-state index contributed by atoms with van der Waals surface area (Å²) < 4.78 is 68.3. The van der Waals surface area contributed by atoms with Gasteiger partial charge in [0.2, 0.25) is 29.5 Å². The van der Waals surface area contributed by atoms with Gasteiger partial charge in [-0.1, -0.05) is 44.2 Å². The quantitative estimate of drug-likeness (QED) is 0.0574. The summed E-state index contributed by atoms with van der Waals surface area (Å²) in [6.07, 6.45) is -0.612. The van der Waals surface area contributed by atoms with E-state index in [1.807, 2.05) is 0 Å². The molecule has 0 radical (unpaired) electrons. The number of aliphatic hydroxyl groups is 1. The molecule has 32 heteroatoms. The second-order valence-electron chi connectivity index (χ2n) is 20.0. The molecule has 0 spiro atoms. The lowest BCUT2D eigenvalue weighted by molar-refractivity contribution is -0.141. The summed E-state index contributed by atoms with van der Waals surface area (Å²) in [5, 5.41) is 21.8. The summed E-state index contributed by atoms with van der Waals surface area (Å²) in [4.78, 5) is 124. The fourth-order valence-corrected chi connectivity index (χ4v) is 11.2. The molecule has 3 aliphatic heterocycles. The molecule has 30 nitrogen and oxygen atoms in total. The first-order valence-corrected chi connectivity index (χ1v) is 28.4. The number of rotatable bonds is 17. The topological polar surface area (TPSA) is 382 Å². The Morgan fingerprint density at radius 2 is 1.61 bits per heavy atom. The summed E-state index contributed by atoms with van der Waals surface area (Å²) in [6, 6.07) is 12.1. The molecule has 2 saturated heterocycles. The van der Waals surface area contributed by atoms with Crippen molar-refractivity contribution in [1.29, 1.82) is 0 Å². The lowest BCUT2D eigenvalue weighted by atomic mass is 10.0. The summed E-state index contributed by atoms with van der Waals surface area (Å²) in [7, 11) is -5.12. The van der Waals surface area contributed by atoms with Gasteiger partial charge in [0.25, 0.3) is 23.3 Å². The van der Waals surface area contributed by atoms with Crippen LogP contribution in [-0.2, 0) is 73.8 Å². The molecule has 7 amide bonds. The Bertz CT molecular complexity index is 3390. The molecule has 1 aliphatic carbocycles. The molecule has 2 bridgehead atoms. The Morgan fingerprint density at radius 1 is 0.880 bits per heavy atom. The van der Waals surface area contributed by atoms with Gasteiger partial charge in [0.05, 0.1) is 25.6 Å². The molecule has 6 N–H and O–H groups in total. The van der Waals surface area contributed by atoms with Gasteiger partial charge in [0.1, 0.15) is 56.0 Å². The largest absolute Gasteiger partial charge is 0.474 e. The second-order valence-corrected chi connectivity index (χ2v) is 22.0. The van der Waals surface area contributed by atoms with Crippen molar-refractivity contribution < 1.29 is 80.1 Å². The number of aliphatic hydroxyl groups excluding tert-OH is 1. The third-order valence-corrected chi connectivity index (χ3v) is 15.5. The van der Waals surface area contributed by atoms with Crippen LogP contribution in [0.25, 0.3) is 11.2 Å². The van der Waals surface area contributed by atoms with E-state index in [-0.39, 0.29) is 42.4 Å². The van der Waals surface area contributed by atoms with Gasteiger partial charge >= 0.3 is 22.6 Å². The molecule has 3 aromatic heterocycles. The predicted octanol–water partition coefficient (Wildman–Crippen LogP) is 2.15. The van der Waals surface area contributed by atoms with Crippen LogP contribution >= 0.6 is 16.5 Å². The number of anilines is 2. The first kappa shape index (κ1) is 59.5. The maximum absolute atomic E-state index is 13.9. The van der Waals surface area contributed by atoms with Gasteiger partial charge in [-0.2, -0.15) is 4.98 Å². The minimum atomic E-state index is -3.38. The SMILES string of the molecule is CC(C)[C@H](NC(=O)CN1C(=O)C=CC1=O)C(=O)N[C@@H](C)C(=O)Nc1ccc(COC(=O)N(C)Cc2ccccc2C(=O)Nc2nc3c(ncn3[C@@H]3O[C@@H]4CO[PH](=O)O[C@H]5C[C@H](Oc6ccncn6)C[C@@H]5CO[PH](=O)O[C@@H]3[C@@H]4O)c(=O)[nH]2)cc1. The summed E-state index contributed by atoms with van der Waals surface area (Å²) in [5.41, 5.74) is 0.272. The van der Waals surface area contributed by atoms with Crippen molar-refractivity contribution in [3.63, 3.8) is 0 Å². The van der Waals surface area contributed by atoms with Gasteiger partial charge < -0.3 is 53.7 Å². The summed E-state index contributed by atoms with van der Waals surface area (Å²) in [6.45, 7) is 3.33. The lowest BCUT2D eigenvalue weighted by Gasteiger charge is -2.24. The first-order valence-electron chi connectivity index (χ1n) is 26.0. The Hall–Kier alpha value is -8.08. The highest BCUT2D eigenvalue weighted by atomic mass is 31.1. The van der Waals surface area contributed by atoms with E-state index in [4.69, 9.17) is 32.3 Å². The number of carbonyl (C=O) groups excluding carboxylic acids is 7. The van der Waals surface area contributed by atoms with Gasteiger partial charge in [-0.05, 0) is 48.6 Å². The van der Waals surface area contributed by atoms with Gasteiger partial charge in [-0.15, -0.1) is 0 Å². The van der Waals surface area contributed by atoms with Crippen molar-refractivity contribution in [3.05, 3.63) is 113 Å². The number of imidazole rings is 1. The van der Waals surface area contributed by atoms with E-state index in [0.717, 1.165) is 17.1 Å². The van der Waals surface area contributed by atoms with Crippen LogP contribution in [0.4, 0.5) is 16.4 Å². The Labute approximate surface area is 472 Å². The maximum atomic E-state index is 13.9. The molecule has 440 valence electrons. The predicted molar refractivity (Wildman–Crippen MR) is 288 cm³/mol. The molecule has 5 aromatic rings. The lowest BCUT2D eigenvalue weighted by Crippen LogP contribution is -2.55. The highest BCUT2D eigenvalue weighted by Crippen LogP contribution is 2.44. The zero-order valence-corrected chi connectivity index (χ0v) is 46.8. The number of aromatic amines is 1. The number of amides is 7. The molecule has 83 heavy (non-hydrogen) atoms. The number of aromatic nitrogens is 6. The van der Waals surface area contributed by atoms with Crippen molar-refractivity contribution in [2.24, 2.45) is 11.8 Å². The number of fused-ring (bicyclic) bond motifs is 4. The fraction of sp³-hybridized carbons (Fsp3) is 0.412. The number of hydrogen-bond acceptors (Lipinski definition) is 22. The second kappa shape index (κ2) is 26.4. The van der Waals surface area contributed by atoms with Crippen LogP contribution in [0.1, 0.15) is 61.3 Å². The van der Waals surface area contributed by atoms with E-state index >= 15 is 0 Å². The van der Waals surface area contributed by atoms with Crippen LogP contribution < -0.4 is 31.6 Å². The van der Waals surface area contributed by atoms with E-state index in [9.17, 15) is 52.6 Å². The number of imide groups is 1. The van der Waals surface area contributed by atoms with Crippen molar-refractivity contribution in [2.75, 3.05) is 37.4 Å². The van der Waals surface area contributed by atoms with Crippen molar-refractivity contribution in [2.45, 2.75) is 95.6 Å². The highest BCUT2D eigenvalue weighted by molar-refractivity contribution is 7.33. The molecule has 3 fully saturated rings. The van der Waals surface area contributed by atoms with Gasteiger partial charge in [-0.3, -0.25) is 67.0 Å². The molecule has 2 aromatic carbocycles. The smallest absolute Gasteiger partial charge is 0.410 e.